The molecular weight excluding hydrogens is 412 g/mol. The summed E-state index contributed by atoms with van der Waals surface area (Å²) in [6.07, 6.45) is 0. The zero-order valence-corrected chi connectivity index (χ0v) is 16.8. The number of carbonyl (C=O) groups is 1. The van der Waals surface area contributed by atoms with E-state index in [9.17, 15) is 13.2 Å². The molecule has 0 saturated carbocycles. The van der Waals surface area contributed by atoms with Gasteiger partial charge in [-0.15, -0.1) is 0 Å². The minimum absolute atomic E-state index is 0.109. The number of nitrogens with zero attached hydrogens (tertiary/aromatic N) is 2. The van der Waals surface area contributed by atoms with Crippen LogP contribution in [0.4, 0.5) is 5.69 Å². The summed E-state index contributed by atoms with van der Waals surface area (Å²) in [4.78, 5) is 12.3. The number of carbonyl (C=O) groups excluding carboxylic acids is 1. The van der Waals surface area contributed by atoms with Crippen molar-refractivity contribution in [2.24, 2.45) is 0 Å². The highest BCUT2D eigenvalue weighted by molar-refractivity contribution is 7.92. The van der Waals surface area contributed by atoms with Crippen LogP contribution in [0.25, 0.3) is 0 Å². The molecule has 0 amide bonds. The molecule has 3 rings (SSSR count). The Labute approximate surface area is 173 Å². The molecule has 0 radical (unpaired) electrons. The lowest BCUT2D eigenvalue weighted by Gasteiger charge is -2.19. The van der Waals surface area contributed by atoms with Crippen LogP contribution in [0.15, 0.2) is 77.7 Å². The number of sulfonamides is 1. The summed E-state index contributed by atoms with van der Waals surface area (Å²) in [5, 5.41) is 9.36. The van der Waals surface area contributed by atoms with Gasteiger partial charge in [0.05, 0.1) is 27.8 Å². The molecule has 0 heterocycles. The number of benzene rings is 3. The van der Waals surface area contributed by atoms with E-state index in [1.54, 1.807) is 18.2 Å². The van der Waals surface area contributed by atoms with Gasteiger partial charge in [-0.2, -0.15) is 5.26 Å². The summed E-state index contributed by atoms with van der Waals surface area (Å²) in [7, 11) is -2.33. The normalized spacial score (nSPS) is 10.8. The molecule has 0 aliphatic rings. The molecule has 0 bridgehead atoms. The first-order valence-corrected chi connectivity index (χ1v) is 10.2. The van der Waals surface area contributed by atoms with E-state index in [1.807, 2.05) is 6.07 Å². The van der Waals surface area contributed by atoms with E-state index in [2.05, 4.69) is 0 Å². The number of hydrogen-bond acceptors (Lipinski definition) is 5. The lowest BCUT2D eigenvalue weighted by Crippen LogP contribution is -2.26. The highest BCUT2D eigenvalue weighted by atomic mass is 35.5. The fraction of sp³-hybridized carbons (Fsp3) is 0.0476. The Morgan fingerprint density at radius 1 is 1.03 bits per heavy atom. The third-order valence-corrected chi connectivity index (χ3v) is 6.16. The van der Waals surface area contributed by atoms with E-state index in [0.717, 1.165) is 4.31 Å². The molecule has 0 aromatic heterocycles. The van der Waals surface area contributed by atoms with Gasteiger partial charge < -0.3 is 4.74 Å². The van der Waals surface area contributed by atoms with Crippen LogP contribution in [0.3, 0.4) is 0 Å². The second-order valence-corrected chi connectivity index (χ2v) is 8.41. The van der Waals surface area contributed by atoms with Crippen molar-refractivity contribution >= 4 is 33.3 Å². The van der Waals surface area contributed by atoms with Gasteiger partial charge in [0.25, 0.3) is 10.0 Å². The standard InChI is InChI=1S/C21H15ClN2O4S/c1-24(29(26,27)20-11-5-17(22)6-12-20)18-7-9-19(10-8-18)28-21(25)16-4-2-3-15(13-16)14-23/h2-13H,1H3. The summed E-state index contributed by atoms with van der Waals surface area (Å²) >= 11 is 5.81. The zero-order chi connectivity index (χ0) is 21.0. The minimum atomic E-state index is -3.76. The van der Waals surface area contributed by atoms with Crippen molar-refractivity contribution in [3.63, 3.8) is 0 Å². The number of rotatable bonds is 5. The first kappa shape index (κ1) is 20.4. The molecule has 3 aromatic carbocycles. The van der Waals surface area contributed by atoms with Crippen LogP contribution >= 0.6 is 11.6 Å². The van der Waals surface area contributed by atoms with Gasteiger partial charge in [0.15, 0.2) is 0 Å². The zero-order valence-electron chi connectivity index (χ0n) is 15.2. The van der Waals surface area contributed by atoms with E-state index < -0.39 is 16.0 Å². The number of halogens is 1. The Bertz CT molecular complexity index is 1180. The summed E-state index contributed by atoms with van der Waals surface area (Å²) in [6.45, 7) is 0. The lowest BCUT2D eigenvalue weighted by molar-refractivity contribution is 0.0734. The highest BCUT2D eigenvalue weighted by Crippen LogP contribution is 2.25. The van der Waals surface area contributed by atoms with Gasteiger partial charge in [-0.1, -0.05) is 17.7 Å². The number of anilines is 1. The van der Waals surface area contributed by atoms with E-state index in [-0.39, 0.29) is 16.2 Å². The molecule has 146 valence electrons. The molecule has 0 fully saturated rings. The van der Waals surface area contributed by atoms with Crippen LogP contribution in [0, 0.1) is 11.3 Å². The van der Waals surface area contributed by atoms with Crippen LogP contribution in [0.1, 0.15) is 15.9 Å². The van der Waals surface area contributed by atoms with Gasteiger partial charge in [0.2, 0.25) is 0 Å². The molecule has 0 N–H and O–H groups in total. The molecule has 29 heavy (non-hydrogen) atoms. The van der Waals surface area contributed by atoms with Gasteiger partial charge in [-0.25, -0.2) is 13.2 Å². The van der Waals surface area contributed by atoms with E-state index >= 15 is 0 Å². The maximum Gasteiger partial charge on any atom is 0.343 e. The molecule has 0 unspecified atom stereocenters. The maximum atomic E-state index is 12.7. The van der Waals surface area contributed by atoms with Crippen LogP contribution in [0.2, 0.25) is 5.02 Å². The Morgan fingerprint density at radius 3 is 2.31 bits per heavy atom. The predicted octanol–water partition coefficient (Wildman–Crippen LogP) is 4.26. The van der Waals surface area contributed by atoms with Crippen LogP contribution < -0.4 is 9.04 Å². The third kappa shape index (κ3) is 4.57. The first-order chi connectivity index (χ1) is 13.8. The fourth-order valence-corrected chi connectivity index (χ4v) is 3.83. The largest absolute Gasteiger partial charge is 0.423 e. The summed E-state index contributed by atoms with van der Waals surface area (Å²) in [5.41, 5.74) is 0.991. The van der Waals surface area contributed by atoms with Crippen LogP contribution in [-0.4, -0.2) is 21.4 Å². The Morgan fingerprint density at radius 2 is 1.69 bits per heavy atom. The van der Waals surface area contributed by atoms with Crippen molar-refractivity contribution in [1.29, 1.82) is 5.26 Å². The topological polar surface area (TPSA) is 87.5 Å². The quantitative estimate of drug-likeness (QED) is 0.449. The van der Waals surface area contributed by atoms with Gasteiger partial charge in [0, 0.05) is 12.1 Å². The Kier molecular flexibility index (Phi) is 5.87. The molecule has 3 aromatic rings. The smallest absolute Gasteiger partial charge is 0.343 e. The highest BCUT2D eigenvalue weighted by Gasteiger charge is 2.21. The number of hydrogen-bond donors (Lipinski definition) is 0. The summed E-state index contributed by atoms with van der Waals surface area (Å²) in [5.74, 6) is -0.365. The molecule has 0 saturated heterocycles. The van der Waals surface area contributed by atoms with Crippen molar-refractivity contribution in [3.8, 4) is 11.8 Å². The van der Waals surface area contributed by atoms with Crippen molar-refractivity contribution in [2.75, 3.05) is 11.4 Å². The van der Waals surface area contributed by atoms with Crippen molar-refractivity contribution in [2.45, 2.75) is 4.90 Å². The van der Waals surface area contributed by atoms with Gasteiger partial charge in [-0.3, -0.25) is 4.31 Å². The second kappa shape index (κ2) is 8.35. The molecule has 0 atom stereocenters. The third-order valence-electron chi connectivity index (χ3n) is 4.11. The van der Waals surface area contributed by atoms with E-state index in [0.29, 0.717) is 16.3 Å². The number of ether oxygens (including phenoxy) is 1. The molecule has 6 nitrogen and oxygen atoms in total. The lowest BCUT2D eigenvalue weighted by atomic mass is 10.1. The average Bonchev–Trinajstić information content (AvgIpc) is 2.74. The van der Waals surface area contributed by atoms with Crippen molar-refractivity contribution < 1.29 is 17.9 Å². The summed E-state index contributed by atoms with van der Waals surface area (Å²) < 4.78 is 31.9. The van der Waals surface area contributed by atoms with Crippen molar-refractivity contribution in [1.82, 2.24) is 0 Å². The fourth-order valence-electron chi connectivity index (χ4n) is 2.51. The molecule has 0 spiro atoms. The van der Waals surface area contributed by atoms with Crippen LogP contribution in [-0.2, 0) is 10.0 Å². The van der Waals surface area contributed by atoms with Gasteiger partial charge in [0.1, 0.15) is 5.75 Å². The van der Waals surface area contributed by atoms with Gasteiger partial charge in [-0.05, 0) is 66.7 Å². The van der Waals surface area contributed by atoms with Crippen molar-refractivity contribution in [3.05, 3.63) is 88.9 Å². The minimum Gasteiger partial charge on any atom is -0.423 e. The predicted molar refractivity (Wildman–Crippen MR) is 110 cm³/mol. The van der Waals surface area contributed by atoms with E-state index in [4.69, 9.17) is 21.6 Å². The Balaban J connectivity index is 1.76. The van der Waals surface area contributed by atoms with E-state index in [1.165, 1.54) is 61.6 Å². The average molecular weight is 427 g/mol. The molecule has 0 aliphatic carbocycles. The molecule has 0 aliphatic heterocycles. The maximum absolute atomic E-state index is 12.7. The molecule has 8 heteroatoms. The summed E-state index contributed by atoms with van der Waals surface area (Å²) in [6, 6.07) is 20.0. The monoisotopic (exact) mass is 426 g/mol. The van der Waals surface area contributed by atoms with Crippen LogP contribution in [0.5, 0.6) is 5.75 Å². The molecular formula is C21H15ClN2O4S. The second-order valence-electron chi connectivity index (χ2n) is 6.00. The van der Waals surface area contributed by atoms with Gasteiger partial charge >= 0.3 is 5.97 Å². The SMILES string of the molecule is CN(c1ccc(OC(=O)c2cccc(C#N)c2)cc1)S(=O)(=O)c1ccc(Cl)cc1. The first-order valence-electron chi connectivity index (χ1n) is 8.38. The Hall–Kier alpha value is -3.34. The number of nitriles is 1. The number of esters is 1.